The number of hydrogen-bond donors (Lipinski definition) is 1. The molecule has 0 saturated carbocycles. The minimum atomic E-state index is -3.60. The highest BCUT2D eigenvalue weighted by Crippen LogP contribution is 2.17. The van der Waals surface area contributed by atoms with Gasteiger partial charge in [0, 0.05) is 19.6 Å². The van der Waals surface area contributed by atoms with E-state index in [4.69, 9.17) is 10.5 Å². The predicted octanol–water partition coefficient (Wildman–Crippen LogP) is 1.25. The number of carbonyl (C=O) groups is 1. The number of hydrogen-bond acceptors (Lipinski definition) is 5. The lowest BCUT2D eigenvalue weighted by atomic mass is 10.2. The van der Waals surface area contributed by atoms with Gasteiger partial charge in [0.05, 0.1) is 17.1 Å². The molecule has 1 rings (SSSR count). The topological polar surface area (TPSA) is 89.7 Å². The zero-order chi connectivity index (χ0) is 15.3. The Morgan fingerprint density at radius 2 is 1.86 bits per heavy atom. The fourth-order valence-corrected chi connectivity index (χ4v) is 2.90. The number of likely N-dealkylation sites (N-methyl/N-ethyl adjacent to an activating group) is 1. The van der Waals surface area contributed by atoms with Crippen molar-refractivity contribution in [2.75, 3.05) is 20.2 Å². The molecule has 0 aliphatic rings. The van der Waals surface area contributed by atoms with Crippen molar-refractivity contribution in [2.45, 2.75) is 24.8 Å². The molecule has 0 spiro atoms. The number of carbonyl (C=O) groups excluding carboxylic acids is 1. The van der Waals surface area contributed by atoms with Crippen LogP contribution in [0.2, 0.25) is 0 Å². The first-order valence-corrected chi connectivity index (χ1v) is 7.73. The molecule has 0 heterocycles. The molecule has 120 valence electrons. The summed E-state index contributed by atoms with van der Waals surface area (Å²) in [4.78, 5) is 11.6. The van der Waals surface area contributed by atoms with E-state index in [2.05, 4.69) is 0 Å². The Labute approximate surface area is 131 Å². The number of nitrogens with zero attached hydrogens (tertiary/aromatic N) is 1. The maximum Gasteiger partial charge on any atom is 0.338 e. The largest absolute Gasteiger partial charge is 0.462 e. The van der Waals surface area contributed by atoms with E-state index in [-0.39, 0.29) is 36.5 Å². The van der Waals surface area contributed by atoms with Gasteiger partial charge in [0.15, 0.2) is 0 Å². The first-order chi connectivity index (χ1) is 9.34. The van der Waals surface area contributed by atoms with Gasteiger partial charge in [-0.15, -0.1) is 12.4 Å². The molecule has 0 aliphatic heterocycles. The second-order valence-electron chi connectivity index (χ2n) is 4.35. The standard InChI is InChI=1S/C13H20N2O4S.ClH/c1-4-19-13(16)11-5-7-12(8-6-11)20(17,18)15(3)10(2)9-14;/h5-8,10H,4,9,14H2,1-3H3;1H. The van der Waals surface area contributed by atoms with Crippen LogP contribution in [-0.4, -0.2) is 44.9 Å². The highest BCUT2D eigenvalue weighted by Gasteiger charge is 2.24. The Morgan fingerprint density at radius 1 is 1.33 bits per heavy atom. The second-order valence-corrected chi connectivity index (χ2v) is 6.35. The number of rotatable bonds is 6. The number of sulfonamides is 1. The van der Waals surface area contributed by atoms with Crippen molar-refractivity contribution in [1.29, 1.82) is 0 Å². The highest BCUT2D eigenvalue weighted by molar-refractivity contribution is 7.89. The van der Waals surface area contributed by atoms with Crippen LogP contribution in [0.15, 0.2) is 29.2 Å². The summed E-state index contributed by atoms with van der Waals surface area (Å²) in [5.41, 5.74) is 5.80. The van der Waals surface area contributed by atoms with Crippen molar-refractivity contribution >= 4 is 28.4 Å². The summed E-state index contributed by atoms with van der Waals surface area (Å²) in [5.74, 6) is -0.472. The molecule has 1 atom stereocenters. The van der Waals surface area contributed by atoms with Gasteiger partial charge in [-0.05, 0) is 38.1 Å². The molecule has 0 amide bonds. The molecular weight excluding hydrogens is 316 g/mol. The summed E-state index contributed by atoms with van der Waals surface area (Å²) < 4.78 is 30.6. The van der Waals surface area contributed by atoms with Crippen LogP contribution >= 0.6 is 12.4 Å². The maximum atomic E-state index is 12.3. The minimum Gasteiger partial charge on any atom is -0.462 e. The molecule has 2 N–H and O–H groups in total. The van der Waals surface area contributed by atoms with Crippen molar-refractivity contribution in [3.8, 4) is 0 Å². The monoisotopic (exact) mass is 336 g/mol. The predicted molar refractivity (Wildman–Crippen MR) is 83.1 cm³/mol. The average molecular weight is 337 g/mol. The molecule has 0 saturated heterocycles. The molecule has 0 radical (unpaired) electrons. The second kappa shape index (κ2) is 8.33. The highest BCUT2D eigenvalue weighted by atomic mass is 35.5. The van der Waals surface area contributed by atoms with Crippen molar-refractivity contribution in [3.05, 3.63) is 29.8 Å². The third-order valence-corrected chi connectivity index (χ3v) is 4.99. The first-order valence-electron chi connectivity index (χ1n) is 6.29. The van der Waals surface area contributed by atoms with Gasteiger partial charge in [-0.25, -0.2) is 13.2 Å². The normalized spacial score (nSPS) is 12.6. The lowest BCUT2D eigenvalue weighted by molar-refractivity contribution is 0.0526. The van der Waals surface area contributed by atoms with Gasteiger partial charge in [0.25, 0.3) is 0 Å². The van der Waals surface area contributed by atoms with E-state index in [1.54, 1.807) is 13.8 Å². The molecular formula is C13H21ClN2O4S. The molecule has 0 aliphatic carbocycles. The number of benzene rings is 1. The average Bonchev–Trinajstić information content (AvgIpc) is 2.45. The van der Waals surface area contributed by atoms with Gasteiger partial charge in [-0.3, -0.25) is 0 Å². The van der Waals surface area contributed by atoms with Crippen LogP contribution in [0.25, 0.3) is 0 Å². The summed E-state index contributed by atoms with van der Waals surface area (Å²) in [5, 5.41) is 0. The summed E-state index contributed by atoms with van der Waals surface area (Å²) in [7, 11) is -2.13. The van der Waals surface area contributed by atoms with Gasteiger partial charge in [-0.2, -0.15) is 4.31 Å². The number of ether oxygens (including phenoxy) is 1. The molecule has 1 aromatic rings. The van der Waals surface area contributed by atoms with E-state index < -0.39 is 16.0 Å². The Balaban J connectivity index is 0.00000400. The lowest BCUT2D eigenvalue weighted by Crippen LogP contribution is -2.39. The van der Waals surface area contributed by atoms with Crippen LogP contribution in [-0.2, 0) is 14.8 Å². The van der Waals surface area contributed by atoms with E-state index in [9.17, 15) is 13.2 Å². The van der Waals surface area contributed by atoms with Crippen LogP contribution in [0, 0.1) is 0 Å². The van der Waals surface area contributed by atoms with E-state index in [0.29, 0.717) is 5.56 Å². The quantitative estimate of drug-likeness (QED) is 0.790. The van der Waals surface area contributed by atoms with E-state index in [1.165, 1.54) is 35.6 Å². The fourth-order valence-electron chi connectivity index (χ4n) is 1.53. The summed E-state index contributed by atoms with van der Waals surface area (Å²) >= 11 is 0. The zero-order valence-corrected chi connectivity index (χ0v) is 13.9. The van der Waals surface area contributed by atoms with Gasteiger partial charge < -0.3 is 10.5 Å². The van der Waals surface area contributed by atoms with Crippen LogP contribution in [0.4, 0.5) is 0 Å². The smallest absolute Gasteiger partial charge is 0.338 e. The van der Waals surface area contributed by atoms with Gasteiger partial charge in [-0.1, -0.05) is 0 Å². The van der Waals surface area contributed by atoms with Gasteiger partial charge in [0.2, 0.25) is 10.0 Å². The van der Waals surface area contributed by atoms with Crippen LogP contribution < -0.4 is 5.73 Å². The van der Waals surface area contributed by atoms with Crippen LogP contribution in [0.1, 0.15) is 24.2 Å². The van der Waals surface area contributed by atoms with Gasteiger partial charge in [0.1, 0.15) is 0 Å². The third-order valence-electron chi connectivity index (χ3n) is 3.00. The van der Waals surface area contributed by atoms with Crippen molar-refractivity contribution in [3.63, 3.8) is 0 Å². The van der Waals surface area contributed by atoms with E-state index in [0.717, 1.165) is 0 Å². The molecule has 0 bridgehead atoms. The Morgan fingerprint density at radius 3 is 2.29 bits per heavy atom. The number of halogens is 1. The third kappa shape index (κ3) is 4.67. The first kappa shape index (κ1) is 19.9. The summed E-state index contributed by atoms with van der Waals surface area (Å²) in [6, 6.07) is 5.35. The Kier molecular flexibility index (Phi) is 7.87. The van der Waals surface area contributed by atoms with Gasteiger partial charge >= 0.3 is 5.97 Å². The van der Waals surface area contributed by atoms with Crippen LogP contribution in [0.3, 0.4) is 0 Å². The summed E-state index contributed by atoms with van der Waals surface area (Å²) in [6.45, 7) is 3.94. The molecule has 8 heteroatoms. The zero-order valence-electron chi connectivity index (χ0n) is 12.3. The van der Waals surface area contributed by atoms with E-state index >= 15 is 0 Å². The Hall–Kier alpha value is -1.15. The molecule has 6 nitrogen and oxygen atoms in total. The number of esters is 1. The SMILES string of the molecule is CCOC(=O)c1ccc(S(=O)(=O)N(C)C(C)CN)cc1.Cl. The fraction of sp³-hybridized carbons (Fsp3) is 0.462. The molecule has 1 aromatic carbocycles. The molecule has 0 fully saturated rings. The lowest BCUT2D eigenvalue weighted by Gasteiger charge is -2.23. The van der Waals surface area contributed by atoms with E-state index in [1.807, 2.05) is 0 Å². The number of nitrogens with two attached hydrogens (primary N) is 1. The van der Waals surface area contributed by atoms with Crippen LogP contribution in [0.5, 0.6) is 0 Å². The molecule has 21 heavy (non-hydrogen) atoms. The maximum absolute atomic E-state index is 12.3. The van der Waals surface area contributed by atoms with Crippen molar-refractivity contribution in [1.82, 2.24) is 4.31 Å². The molecule has 1 unspecified atom stereocenters. The molecule has 0 aromatic heterocycles. The Bertz CT molecular complexity index is 560. The minimum absolute atomic E-state index is 0. The van der Waals surface area contributed by atoms with Crippen molar-refractivity contribution < 1.29 is 17.9 Å². The van der Waals surface area contributed by atoms with Crippen molar-refractivity contribution in [2.24, 2.45) is 5.73 Å². The summed E-state index contributed by atoms with van der Waals surface area (Å²) in [6.07, 6.45) is 0.